The average Bonchev–Trinajstić information content (AvgIpc) is 2.93. The zero-order chi connectivity index (χ0) is 26.0. The van der Waals surface area contributed by atoms with Crippen LogP contribution in [0.1, 0.15) is 95.2 Å². The number of benzene rings is 2. The Morgan fingerprint density at radius 1 is 1.06 bits per heavy atom. The summed E-state index contributed by atoms with van der Waals surface area (Å²) in [6.45, 7) is 12.2. The molecule has 1 fully saturated rings. The van der Waals surface area contributed by atoms with E-state index >= 15 is 0 Å². The summed E-state index contributed by atoms with van der Waals surface area (Å²) in [4.78, 5) is 4.33. The van der Waals surface area contributed by atoms with E-state index in [1.165, 1.54) is 37.7 Å². The first kappa shape index (κ1) is 28.6. The second kappa shape index (κ2) is 14.1. The van der Waals surface area contributed by atoms with Crippen LogP contribution in [0.5, 0.6) is 0 Å². The van der Waals surface area contributed by atoms with Crippen molar-refractivity contribution < 1.29 is 5.11 Å². The minimum absolute atomic E-state index is 0.0612. The van der Waals surface area contributed by atoms with Crippen LogP contribution in [0.4, 0.5) is 5.69 Å². The van der Waals surface area contributed by atoms with E-state index in [9.17, 15) is 5.11 Å². The lowest BCUT2D eigenvalue weighted by Gasteiger charge is -2.38. The highest BCUT2D eigenvalue weighted by Crippen LogP contribution is 2.45. The van der Waals surface area contributed by atoms with E-state index < -0.39 is 5.60 Å². The summed E-state index contributed by atoms with van der Waals surface area (Å²) in [5.41, 5.74) is 3.66. The Balaban J connectivity index is 2.17. The summed E-state index contributed by atoms with van der Waals surface area (Å²) < 4.78 is 0. The highest BCUT2D eigenvalue weighted by molar-refractivity contribution is 6.49. The molecule has 1 aliphatic rings. The van der Waals surface area contributed by atoms with Crippen LogP contribution in [-0.2, 0) is 5.60 Å². The van der Waals surface area contributed by atoms with Gasteiger partial charge in [-0.05, 0) is 92.6 Å². The van der Waals surface area contributed by atoms with Crippen LogP contribution in [0, 0.1) is 11.8 Å². The predicted octanol–water partition coefficient (Wildman–Crippen LogP) is 8.61. The number of hydrogen-bond acceptors (Lipinski definition) is 3. The molecule has 1 saturated carbocycles. The Labute approximate surface area is 224 Å². The molecule has 4 heteroatoms. The number of aliphatic imine (C=N–C) groups is 1. The fraction of sp³-hybridized carbons (Fsp3) is 0.531. The standard InChI is InChI=1S/C32H45ClN2O/c1-5-14-25(21-22-35-7-3)32(36,26-17-12-9-13-18-26)27-19-20-30(34-4)29(23-27)31(33)28(6-2)24-15-10-8-11-16-24/h9,12-13,17-20,23-25,35-36H,4-8,10-11,14-16,21-22H2,1-3H3/b31-28-. The van der Waals surface area contributed by atoms with Gasteiger partial charge < -0.3 is 10.4 Å². The van der Waals surface area contributed by atoms with Gasteiger partial charge in [0.05, 0.1) is 5.69 Å². The molecule has 0 aliphatic heterocycles. The van der Waals surface area contributed by atoms with Gasteiger partial charge in [-0.1, -0.05) is 94.5 Å². The number of nitrogens with zero attached hydrogens (tertiary/aromatic N) is 1. The normalized spacial score (nSPS) is 17.8. The number of halogens is 1. The molecule has 0 heterocycles. The average molecular weight is 509 g/mol. The summed E-state index contributed by atoms with van der Waals surface area (Å²) in [5.74, 6) is 0.588. The third-order valence-electron chi connectivity index (χ3n) is 7.97. The van der Waals surface area contributed by atoms with Crippen LogP contribution in [0.15, 0.2) is 59.1 Å². The number of hydrogen-bond donors (Lipinski definition) is 2. The lowest BCUT2D eigenvalue weighted by molar-refractivity contribution is 0.00787. The van der Waals surface area contributed by atoms with Crippen LogP contribution < -0.4 is 5.32 Å². The molecular weight excluding hydrogens is 464 g/mol. The molecule has 0 amide bonds. The topological polar surface area (TPSA) is 44.6 Å². The van der Waals surface area contributed by atoms with Gasteiger partial charge in [-0.25, -0.2) is 0 Å². The van der Waals surface area contributed by atoms with Crippen LogP contribution in [-0.4, -0.2) is 24.9 Å². The molecular formula is C32H45ClN2O. The second-order valence-corrected chi connectivity index (χ2v) is 10.6. The zero-order valence-electron chi connectivity index (χ0n) is 22.5. The molecule has 0 aromatic heterocycles. The van der Waals surface area contributed by atoms with E-state index in [4.69, 9.17) is 11.6 Å². The summed E-state index contributed by atoms with van der Waals surface area (Å²) >= 11 is 7.20. The fourth-order valence-electron chi connectivity index (χ4n) is 6.03. The summed E-state index contributed by atoms with van der Waals surface area (Å²) in [6, 6.07) is 16.2. The third-order valence-corrected chi connectivity index (χ3v) is 8.41. The van der Waals surface area contributed by atoms with Gasteiger partial charge in [0.25, 0.3) is 0 Å². The van der Waals surface area contributed by atoms with E-state index in [0.717, 1.165) is 66.2 Å². The zero-order valence-corrected chi connectivity index (χ0v) is 23.3. The van der Waals surface area contributed by atoms with E-state index in [1.54, 1.807) is 0 Å². The molecule has 2 aromatic rings. The van der Waals surface area contributed by atoms with Crippen molar-refractivity contribution in [3.05, 3.63) is 70.8 Å². The summed E-state index contributed by atoms with van der Waals surface area (Å²) in [6.07, 6.45) is 10.00. The van der Waals surface area contributed by atoms with Crippen molar-refractivity contribution in [2.75, 3.05) is 13.1 Å². The Kier molecular flexibility index (Phi) is 11.2. The van der Waals surface area contributed by atoms with Gasteiger partial charge in [0.15, 0.2) is 0 Å². The van der Waals surface area contributed by atoms with E-state index in [0.29, 0.717) is 5.92 Å². The third kappa shape index (κ3) is 6.49. The smallest absolute Gasteiger partial charge is 0.117 e. The summed E-state index contributed by atoms with van der Waals surface area (Å²) in [5, 5.41) is 16.9. The minimum atomic E-state index is -1.13. The van der Waals surface area contributed by atoms with Crippen molar-refractivity contribution in [2.24, 2.45) is 16.8 Å². The molecule has 3 rings (SSSR count). The van der Waals surface area contributed by atoms with Gasteiger partial charge in [0.2, 0.25) is 0 Å². The van der Waals surface area contributed by atoms with Crippen LogP contribution in [0.3, 0.4) is 0 Å². The first-order valence-corrected chi connectivity index (χ1v) is 14.4. The van der Waals surface area contributed by atoms with Crippen molar-refractivity contribution in [3.63, 3.8) is 0 Å². The highest BCUT2D eigenvalue weighted by Gasteiger charge is 2.40. The first-order chi connectivity index (χ1) is 17.5. The monoisotopic (exact) mass is 508 g/mol. The maximum Gasteiger partial charge on any atom is 0.117 e. The second-order valence-electron chi connectivity index (χ2n) is 10.2. The molecule has 3 nitrogen and oxygen atoms in total. The van der Waals surface area contributed by atoms with Crippen LogP contribution in [0.25, 0.3) is 5.03 Å². The van der Waals surface area contributed by atoms with Gasteiger partial charge in [-0.3, -0.25) is 4.99 Å². The fourth-order valence-corrected chi connectivity index (χ4v) is 6.47. The quantitative estimate of drug-likeness (QED) is 0.210. The Morgan fingerprint density at radius 3 is 2.39 bits per heavy atom. The molecule has 0 bridgehead atoms. The number of aliphatic hydroxyl groups is 1. The molecule has 36 heavy (non-hydrogen) atoms. The number of nitrogens with one attached hydrogen (secondary N) is 1. The molecule has 2 N–H and O–H groups in total. The highest BCUT2D eigenvalue weighted by atomic mass is 35.5. The van der Waals surface area contributed by atoms with E-state index in [2.05, 4.69) is 43.9 Å². The van der Waals surface area contributed by atoms with Gasteiger partial charge >= 0.3 is 0 Å². The maximum absolute atomic E-state index is 12.6. The van der Waals surface area contributed by atoms with E-state index in [1.807, 2.05) is 42.5 Å². The minimum Gasteiger partial charge on any atom is -0.380 e. The van der Waals surface area contributed by atoms with Crippen molar-refractivity contribution in [2.45, 2.75) is 84.2 Å². The molecule has 0 saturated heterocycles. The lowest BCUT2D eigenvalue weighted by atomic mass is 9.72. The SMILES string of the molecule is C=Nc1ccc(C(O)(c2ccccc2)C(CCC)CCNCC)cc1/C(Cl)=C(\CC)C1CCCCC1. The molecule has 2 unspecified atom stereocenters. The largest absolute Gasteiger partial charge is 0.380 e. The Hall–Kier alpha value is -1.94. The predicted molar refractivity (Wildman–Crippen MR) is 156 cm³/mol. The van der Waals surface area contributed by atoms with Crippen molar-refractivity contribution in [3.8, 4) is 0 Å². The Bertz CT molecular complexity index is 996. The lowest BCUT2D eigenvalue weighted by Crippen LogP contribution is -2.38. The molecule has 196 valence electrons. The number of rotatable bonds is 13. The van der Waals surface area contributed by atoms with Crippen molar-refractivity contribution in [1.29, 1.82) is 0 Å². The van der Waals surface area contributed by atoms with Crippen molar-refractivity contribution in [1.82, 2.24) is 5.32 Å². The maximum atomic E-state index is 12.6. The Morgan fingerprint density at radius 2 is 1.78 bits per heavy atom. The van der Waals surface area contributed by atoms with Crippen LogP contribution in [0.2, 0.25) is 0 Å². The van der Waals surface area contributed by atoms with Gasteiger partial charge in [0, 0.05) is 10.6 Å². The molecule has 0 spiro atoms. The van der Waals surface area contributed by atoms with Gasteiger partial charge in [0.1, 0.15) is 5.60 Å². The van der Waals surface area contributed by atoms with E-state index in [-0.39, 0.29) is 5.92 Å². The van der Waals surface area contributed by atoms with Gasteiger partial charge in [-0.15, -0.1) is 0 Å². The molecule has 1 aliphatic carbocycles. The first-order valence-electron chi connectivity index (χ1n) is 14.0. The molecule has 0 radical (unpaired) electrons. The summed E-state index contributed by atoms with van der Waals surface area (Å²) in [7, 11) is 0. The molecule has 2 aromatic carbocycles. The molecule has 2 atom stereocenters. The van der Waals surface area contributed by atoms with Crippen LogP contribution >= 0.6 is 11.6 Å². The number of allylic oxidation sites excluding steroid dienone is 1. The van der Waals surface area contributed by atoms with Crippen molar-refractivity contribution >= 4 is 29.0 Å². The van der Waals surface area contributed by atoms with Gasteiger partial charge in [-0.2, -0.15) is 0 Å².